The summed E-state index contributed by atoms with van der Waals surface area (Å²) in [6.45, 7) is 0.631. The lowest BCUT2D eigenvalue weighted by Gasteiger charge is -2.04. The molecule has 1 amide bonds. The Labute approximate surface area is 215 Å². The van der Waals surface area contributed by atoms with E-state index in [0.717, 1.165) is 32.7 Å². The minimum atomic E-state index is -0.423. The van der Waals surface area contributed by atoms with Crippen molar-refractivity contribution >= 4 is 57.6 Å². The lowest BCUT2D eigenvalue weighted by molar-refractivity contribution is 0.0955. The van der Waals surface area contributed by atoms with Crippen LogP contribution in [-0.4, -0.2) is 26.8 Å². The number of amides is 1. The molecule has 2 aromatic heterocycles. The van der Waals surface area contributed by atoms with Gasteiger partial charge in [0.1, 0.15) is 10.8 Å². The summed E-state index contributed by atoms with van der Waals surface area (Å²) >= 11 is 13.5. The first-order valence-electron chi connectivity index (χ1n) is 10.6. The molecule has 174 valence electrons. The number of phenolic OH excluding ortho intramolecular Hbond substituents is 1. The van der Waals surface area contributed by atoms with Gasteiger partial charge >= 0.3 is 0 Å². The molecule has 0 saturated heterocycles. The molecule has 0 radical (unpaired) electrons. The Kier molecular flexibility index (Phi) is 6.55. The van der Waals surface area contributed by atoms with Crippen LogP contribution in [-0.2, 0) is 6.54 Å². The van der Waals surface area contributed by atoms with Gasteiger partial charge in [0.2, 0.25) is 0 Å². The number of fused-ring (bicyclic) bond motifs is 1. The second-order valence-electron chi connectivity index (χ2n) is 7.74. The van der Waals surface area contributed by atoms with E-state index in [4.69, 9.17) is 28.2 Å². The Morgan fingerprint density at radius 1 is 1.11 bits per heavy atom. The number of hydrogen-bond donors (Lipinski definition) is 2. The molecule has 0 aliphatic heterocycles. The lowest BCUT2D eigenvalue weighted by atomic mass is 10.1. The van der Waals surface area contributed by atoms with Crippen LogP contribution in [0.2, 0.25) is 10.0 Å². The summed E-state index contributed by atoms with van der Waals surface area (Å²) in [6, 6.07) is 19.8. The van der Waals surface area contributed by atoms with Gasteiger partial charge in [-0.3, -0.25) is 4.79 Å². The monoisotopic (exact) mass is 520 g/mol. The Balaban J connectivity index is 1.31. The molecule has 9 heteroatoms. The molecule has 0 unspecified atom stereocenters. The van der Waals surface area contributed by atoms with Crippen LogP contribution in [0.5, 0.6) is 5.75 Å². The summed E-state index contributed by atoms with van der Waals surface area (Å²) in [4.78, 5) is 17.1. The Morgan fingerprint density at radius 3 is 2.74 bits per heavy atom. The Hall–Kier alpha value is -3.65. The van der Waals surface area contributed by atoms with Crippen molar-refractivity contribution in [3.63, 3.8) is 0 Å². The highest BCUT2D eigenvalue weighted by Gasteiger charge is 2.10. The van der Waals surface area contributed by atoms with Gasteiger partial charge in [0.25, 0.3) is 5.91 Å². The molecular formula is C26H18Cl2N4O2S. The number of hydrogen-bond acceptors (Lipinski definition) is 5. The highest BCUT2D eigenvalue weighted by molar-refractivity contribution is 7.13. The first-order valence-corrected chi connectivity index (χ1v) is 12.2. The first-order chi connectivity index (χ1) is 17.0. The lowest BCUT2D eigenvalue weighted by Crippen LogP contribution is -2.17. The van der Waals surface area contributed by atoms with E-state index in [2.05, 4.69) is 20.5 Å². The Bertz CT molecular complexity index is 1560. The van der Waals surface area contributed by atoms with Crippen LogP contribution in [0.4, 0.5) is 0 Å². The molecule has 5 aromatic rings. The van der Waals surface area contributed by atoms with Crippen LogP contribution in [0.1, 0.15) is 21.6 Å². The third-order valence-corrected chi connectivity index (χ3v) is 6.90. The van der Waals surface area contributed by atoms with Crippen LogP contribution in [0.15, 0.2) is 83.4 Å². The van der Waals surface area contributed by atoms with E-state index in [1.165, 1.54) is 18.2 Å². The fraction of sp³-hybridized carbons (Fsp3) is 0.0385. The molecule has 35 heavy (non-hydrogen) atoms. The molecule has 0 fully saturated rings. The highest BCUT2D eigenvalue weighted by Crippen LogP contribution is 2.27. The summed E-state index contributed by atoms with van der Waals surface area (Å²) in [6.07, 6.45) is 3.62. The topological polar surface area (TPSA) is 79.5 Å². The number of rotatable bonds is 6. The molecule has 2 heterocycles. The van der Waals surface area contributed by atoms with Gasteiger partial charge in [-0.15, -0.1) is 11.3 Å². The highest BCUT2D eigenvalue weighted by atomic mass is 35.5. The van der Waals surface area contributed by atoms with Gasteiger partial charge in [0.05, 0.1) is 23.5 Å². The van der Waals surface area contributed by atoms with Gasteiger partial charge in [0, 0.05) is 44.2 Å². The molecule has 3 aromatic carbocycles. The summed E-state index contributed by atoms with van der Waals surface area (Å²) in [5.41, 5.74) is 6.70. The molecular weight excluding hydrogens is 503 g/mol. The zero-order valence-electron chi connectivity index (χ0n) is 18.2. The fourth-order valence-electron chi connectivity index (χ4n) is 3.65. The number of aromatic nitrogens is 2. The predicted molar refractivity (Wildman–Crippen MR) is 142 cm³/mol. The van der Waals surface area contributed by atoms with Gasteiger partial charge in [-0.05, 0) is 42.5 Å². The molecule has 2 N–H and O–H groups in total. The molecule has 0 aliphatic rings. The minimum absolute atomic E-state index is 0.0817. The summed E-state index contributed by atoms with van der Waals surface area (Å²) in [5, 5.41) is 18.4. The van der Waals surface area contributed by atoms with Gasteiger partial charge in [-0.2, -0.15) is 5.10 Å². The van der Waals surface area contributed by atoms with E-state index < -0.39 is 5.91 Å². The number of carbonyl (C=O) groups excluding carboxylic acids is 1. The number of carbonyl (C=O) groups is 1. The van der Waals surface area contributed by atoms with E-state index in [0.29, 0.717) is 17.1 Å². The normalized spacial score (nSPS) is 11.4. The van der Waals surface area contributed by atoms with Crippen LogP contribution in [0, 0.1) is 0 Å². The van der Waals surface area contributed by atoms with E-state index in [-0.39, 0.29) is 10.8 Å². The summed E-state index contributed by atoms with van der Waals surface area (Å²) in [5.74, 6) is -0.505. The average Bonchev–Trinajstić information content (AvgIpc) is 3.49. The molecule has 0 saturated carbocycles. The molecule has 6 nitrogen and oxygen atoms in total. The second kappa shape index (κ2) is 9.92. The second-order valence-corrected chi connectivity index (χ2v) is 9.44. The van der Waals surface area contributed by atoms with Gasteiger partial charge < -0.3 is 9.67 Å². The van der Waals surface area contributed by atoms with Crippen molar-refractivity contribution in [3.8, 4) is 16.3 Å². The first kappa shape index (κ1) is 23.1. The van der Waals surface area contributed by atoms with Crippen LogP contribution >= 0.6 is 34.5 Å². The molecule has 0 bridgehead atoms. The maximum Gasteiger partial charge on any atom is 0.271 e. The van der Waals surface area contributed by atoms with E-state index in [1.54, 1.807) is 17.6 Å². The number of thiazole rings is 1. The van der Waals surface area contributed by atoms with Crippen molar-refractivity contribution < 1.29 is 9.90 Å². The van der Waals surface area contributed by atoms with Gasteiger partial charge in [-0.25, -0.2) is 10.4 Å². The average molecular weight is 521 g/mol. The SMILES string of the molecule is O=C(NN=Cc1cccc2c1ccn2Cc1csc(-c2ccc(Cl)cc2)n1)c1ccc(O)c(Cl)c1. The number of halogens is 2. The third kappa shape index (κ3) is 5.07. The van der Waals surface area contributed by atoms with Crippen LogP contribution in [0.3, 0.4) is 0 Å². The molecule has 0 atom stereocenters. The number of nitrogens with one attached hydrogen (secondary N) is 1. The maximum absolute atomic E-state index is 12.3. The Morgan fingerprint density at radius 2 is 1.94 bits per heavy atom. The summed E-state index contributed by atoms with van der Waals surface area (Å²) in [7, 11) is 0. The van der Waals surface area contributed by atoms with E-state index in [9.17, 15) is 9.90 Å². The number of nitrogens with zero attached hydrogens (tertiary/aromatic N) is 3. The molecule has 5 rings (SSSR count). The zero-order valence-corrected chi connectivity index (χ0v) is 20.5. The van der Waals surface area contributed by atoms with Gasteiger partial charge in [-0.1, -0.05) is 47.5 Å². The molecule has 0 aliphatic carbocycles. The summed E-state index contributed by atoms with van der Waals surface area (Å²) < 4.78 is 2.13. The van der Waals surface area contributed by atoms with Crippen LogP contribution in [0.25, 0.3) is 21.5 Å². The van der Waals surface area contributed by atoms with Crippen molar-refractivity contribution in [3.05, 3.63) is 105 Å². The molecule has 0 spiro atoms. The van der Waals surface area contributed by atoms with Crippen molar-refractivity contribution in [2.45, 2.75) is 6.54 Å². The largest absolute Gasteiger partial charge is 0.506 e. The number of aromatic hydroxyl groups is 1. The number of phenols is 1. The number of benzene rings is 3. The zero-order chi connectivity index (χ0) is 24.4. The predicted octanol–water partition coefficient (Wildman–Crippen LogP) is 6.59. The van der Waals surface area contributed by atoms with Crippen LogP contribution < -0.4 is 5.43 Å². The fourth-order valence-corrected chi connectivity index (χ4v) is 4.77. The third-order valence-electron chi connectivity index (χ3n) is 5.40. The maximum atomic E-state index is 12.3. The number of hydrazone groups is 1. The van der Waals surface area contributed by atoms with Crippen molar-refractivity contribution in [1.82, 2.24) is 15.0 Å². The van der Waals surface area contributed by atoms with E-state index >= 15 is 0 Å². The smallest absolute Gasteiger partial charge is 0.271 e. The standard InChI is InChI=1S/C26H18Cl2N4O2S/c27-19-7-4-16(5-8-19)26-30-20(15-35-26)14-32-11-10-21-18(2-1-3-23(21)32)13-29-31-25(34)17-6-9-24(33)22(28)12-17/h1-13,15,33H,14H2,(H,31,34). The van der Waals surface area contributed by atoms with Crippen molar-refractivity contribution in [2.75, 3.05) is 0 Å². The van der Waals surface area contributed by atoms with Crippen molar-refractivity contribution in [2.24, 2.45) is 5.10 Å². The quantitative estimate of drug-likeness (QED) is 0.196. The van der Waals surface area contributed by atoms with E-state index in [1.807, 2.05) is 54.7 Å². The minimum Gasteiger partial charge on any atom is -0.506 e. The van der Waals surface area contributed by atoms with Crippen molar-refractivity contribution in [1.29, 1.82) is 0 Å². The van der Waals surface area contributed by atoms with Gasteiger partial charge in [0.15, 0.2) is 0 Å².